The predicted molar refractivity (Wildman–Crippen MR) is 83.6 cm³/mol. The van der Waals surface area contributed by atoms with Crippen molar-refractivity contribution < 1.29 is 4.74 Å². The molecule has 3 rings (SSSR count). The van der Waals surface area contributed by atoms with Crippen molar-refractivity contribution in [2.45, 2.75) is 6.54 Å². The van der Waals surface area contributed by atoms with Gasteiger partial charge in [0.1, 0.15) is 11.3 Å². The second-order valence-electron chi connectivity index (χ2n) is 4.53. The molecule has 0 aliphatic heterocycles. The van der Waals surface area contributed by atoms with Gasteiger partial charge in [-0.1, -0.05) is 33.3 Å². The van der Waals surface area contributed by atoms with Gasteiger partial charge in [0.2, 0.25) is 0 Å². The molecule has 0 unspecified atom stereocenters. The molecule has 0 spiro atoms. The first-order chi connectivity index (χ1) is 10.2. The number of methoxy groups -OCH3 is 1. The highest BCUT2D eigenvalue weighted by Gasteiger charge is 2.09. The second-order valence-corrected chi connectivity index (χ2v) is 5.44. The van der Waals surface area contributed by atoms with Crippen LogP contribution in [-0.2, 0) is 6.54 Å². The molecule has 0 aliphatic carbocycles. The van der Waals surface area contributed by atoms with Crippen molar-refractivity contribution in [1.29, 1.82) is 0 Å². The zero-order valence-corrected chi connectivity index (χ0v) is 12.9. The third-order valence-electron chi connectivity index (χ3n) is 3.19. The van der Waals surface area contributed by atoms with Crippen LogP contribution in [0.5, 0.6) is 5.75 Å². The number of fused-ring (bicyclic) bond motifs is 1. The lowest BCUT2D eigenvalue weighted by molar-refractivity contribution is 0.406. The molecule has 0 radical (unpaired) electrons. The Kier molecular flexibility index (Phi) is 3.70. The van der Waals surface area contributed by atoms with E-state index in [1.54, 1.807) is 19.2 Å². The molecule has 0 bridgehead atoms. The first kappa shape index (κ1) is 13.8. The molecule has 0 aliphatic rings. The van der Waals surface area contributed by atoms with E-state index in [4.69, 9.17) is 4.74 Å². The van der Waals surface area contributed by atoms with Crippen LogP contribution in [0.3, 0.4) is 0 Å². The molecule has 6 heteroatoms. The van der Waals surface area contributed by atoms with Gasteiger partial charge in [0, 0.05) is 10.0 Å². The maximum atomic E-state index is 12.4. The molecule has 2 aromatic carbocycles. The van der Waals surface area contributed by atoms with E-state index in [0.29, 0.717) is 23.2 Å². The lowest BCUT2D eigenvalue weighted by Gasteiger charge is -2.10. The molecule has 5 nitrogen and oxygen atoms in total. The van der Waals surface area contributed by atoms with Crippen molar-refractivity contribution in [3.8, 4) is 5.75 Å². The van der Waals surface area contributed by atoms with Gasteiger partial charge in [-0.3, -0.25) is 4.79 Å². The van der Waals surface area contributed by atoms with Crippen LogP contribution in [0.2, 0.25) is 0 Å². The summed E-state index contributed by atoms with van der Waals surface area (Å²) in [5.41, 5.74) is 1.29. The van der Waals surface area contributed by atoms with Crippen LogP contribution in [0.1, 0.15) is 5.56 Å². The summed E-state index contributed by atoms with van der Waals surface area (Å²) in [6, 6.07) is 12.8. The zero-order valence-electron chi connectivity index (χ0n) is 11.3. The monoisotopic (exact) mass is 345 g/mol. The Labute approximate surface area is 129 Å². The van der Waals surface area contributed by atoms with E-state index in [-0.39, 0.29) is 5.56 Å². The number of hydrogen-bond acceptors (Lipinski definition) is 4. The molecule has 1 aromatic heterocycles. The highest BCUT2D eigenvalue weighted by atomic mass is 79.9. The minimum Gasteiger partial charge on any atom is -0.496 e. The van der Waals surface area contributed by atoms with Crippen molar-refractivity contribution in [3.63, 3.8) is 0 Å². The summed E-state index contributed by atoms with van der Waals surface area (Å²) in [5, 5.41) is 8.62. The molecular formula is C15H12BrN3O2. The molecule has 1 heterocycles. The van der Waals surface area contributed by atoms with Gasteiger partial charge in [-0.25, -0.2) is 4.68 Å². The Hall–Kier alpha value is -2.21. The second kappa shape index (κ2) is 5.65. The molecule has 106 valence electrons. The fraction of sp³-hybridized carbons (Fsp3) is 0.133. The van der Waals surface area contributed by atoms with Crippen molar-refractivity contribution >= 4 is 26.8 Å². The largest absolute Gasteiger partial charge is 0.496 e. The molecule has 0 saturated carbocycles. The van der Waals surface area contributed by atoms with Crippen LogP contribution in [0, 0.1) is 0 Å². The average molecular weight is 346 g/mol. The molecule has 0 saturated heterocycles. The van der Waals surface area contributed by atoms with E-state index in [1.807, 2.05) is 30.3 Å². The molecule has 0 fully saturated rings. The van der Waals surface area contributed by atoms with Crippen LogP contribution >= 0.6 is 15.9 Å². The highest BCUT2D eigenvalue weighted by molar-refractivity contribution is 9.10. The Morgan fingerprint density at radius 3 is 2.86 bits per heavy atom. The van der Waals surface area contributed by atoms with Crippen LogP contribution < -0.4 is 10.3 Å². The van der Waals surface area contributed by atoms with Crippen molar-refractivity contribution in [1.82, 2.24) is 15.0 Å². The molecule has 0 N–H and O–H groups in total. The summed E-state index contributed by atoms with van der Waals surface area (Å²) in [4.78, 5) is 12.4. The summed E-state index contributed by atoms with van der Waals surface area (Å²) in [7, 11) is 1.60. The van der Waals surface area contributed by atoms with E-state index in [0.717, 1.165) is 10.0 Å². The van der Waals surface area contributed by atoms with E-state index in [2.05, 4.69) is 26.2 Å². The standard InChI is InChI=1S/C15H12BrN3O2/c1-21-14-7-6-11(16)8-10(14)9-19-15(20)12-4-2-3-5-13(12)17-18-19/h2-8H,9H2,1H3. The lowest BCUT2D eigenvalue weighted by atomic mass is 10.2. The number of halogens is 1. The summed E-state index contributed by atoms with van der Waals surface area (Å²) < 4.78 is 7.57. The van der Waals surface area contributed by atoms with Crippen LogP contribution in [0.4, 0.5) is 0 Å². The minimum absolute atomic E-state index is 0.164. The third-order valence-corrected chi connectivity index (χ3v) is 3.69. The molecule has 0 atom stereocenters. The summed E-state index contributed by atoms with van der Waals surface area (Å²) >= 11 is 3.42. The van der Waals surface area contributed by atoms with Crippen LogP contribution in [-0.4, -0.2) is 22.1 Å². The van der Waals surface area contributed by atoms with Crippen LogP contribution in [0.15, 0.2) is 51.7 Å². The Morgan fingerprint density at radius 1 is 1.24 bits per heavy atom. The van der Waals surface area contributed by atoms with Gasteiger partial charge in [-0.15, -0.1) is 5.10 Å². The highest BCUT2D eigenvalue weighted by Crippen LogP contribution is 2.23. The maximum absolute atomic E-state index is 12.4. The zero-order chi connectivity index (χ0) is 14.8. The number of ether oxygens (including phenoxy) is 1. The Morgan fingerprint density at radius 2 is 2.05 bits per heavy atom. The first-order valence-corrected chi connectivity index (χ1v) is 7.13. The maximum Gasteiger partial charge on any atom is 0.277 e. The fourth-order valence-electron chi connectivity index (χ4n) is 2.16. The third kappa shape index (κ3) is 2.67. The summed E-state index contributed by atoms with van der Waals surface area (Å²) in [6.07, 6.45) is 0. The van der Waals surface area contributed by atoms with Gasteiger partial charge in [0.15, 0.2) is 0 Å². The minimum atomic E-state index is -0.164. The fourth-order valence-corrected chi connectivity index (χ4v) is 2.57. The van der Waals surface area contributed by atoms with E-state index in [9.17, 15) is 4.79 Å². The molecule has 0 amide bonds. The van der Waals surface area contributed by atoms with Gasteiger partial charge >= 0.3 is 0 Å². The number of nitrogens with zero attached hydrogens (tertiary/aromatic N) is 3. The van der Waals surface area contributed by atoms with E-state index >= 15 is 0 Å². The first-order valence-electron chi connectivity index (χ1n) is 6.34. The van der Waals surface area contributed by atoms with Crippen molar-refractivity contribution in [2.75, 3.05) is 7.11 Å². The van der Waals surface area contributed by atoms with Gasteiger partial charge in [-0.05, 0) is 30.3 Å². The molecular weight excluding hydrogens is 334 g/mol. The van der Waals surface area contributed by atoms with E-state index in [1.165, 1.54) is 4.68 Å². The molecule has 3 aromatic rings. The quantitative estimate of drug-likeness (QED) is 0.732. The normalized spacial score (nSPS) is 10.8. The topological polar surface area (TPSA) is 57.0 Å². The van der Waals surface area contributed by atoms with Gasteiger partial charge in [0.05, 0.1) is 19.0 Å². The number of hydrogen-bond donors (Lipinski definition) is 0. The summed E-state index contributed by atoms with van der Waals surface area (Å²) in [6.45, 7) is 0.305. The van der Waals surface area contributed by atoms with Crippen LogP contribution in [0.25, 0.3) is 10.9 Å². The van der Waals surface area contributed by atoms with Gasteiger partial charge in [-0.2, -0.15) is 0 Å². The smallest absolute Gasteiger partial charge is 0.277 e. The SMILES string of the molecule is COc1ccc(Br)cc1Cn1nnc2ccccc2c1=O. The number of rotatable bonds is 3. The predicted octanol–water partition coefficient (Wildman–Crippen LogP) is 2.61. The lowest BCUT2D eigenvalue weighted by Crippen LogP contribution is -2.25. The Bertz CT molecular complexity index is 861. The summed E-state index contributed by atoms with van der Waals surface area (Å²) in [5.74, 6) is 0.708. The Balaban J connectivity index is 2.08. The van der Waals surface area contributed by atoms with Gasteiger partial charge < -0.3 is 4.74 Å². The van der Waals surface area contributed by atoms with E-state index < -0.39 is 0 Å². The molecule has 21 heavy (non-hydrogen) atoms. The number of benzene rings is 2. The number of aromatic nitrogens is 3. The van der Waals surface area contributed by atoms with Gasteiger partial charge in [0.25, 0.3) is 5.56 Å². The van der Waals surface area contributed by atoms with Crippen molar-refractivity contribution in [3.05, 3.63) is 62.9 Å². The average Bonchev–Trinajstić information content (AvgIpc) is 2.51. The van der Waals surface area contributed by atoms with Crippen molar-refractivity contribution in [2.24, 2.45) is 0 Å².